The Morgan fingerprint density at radius 3 is 1.62 bits per heavy atom. The highest BCUT2D eigenvalue weighted by Crippen LogP contribution is 2.42. The van der Waals surface area contributed by atoms with E-state index in [0.717, 1.165) is 66.5 Å². The van der Waals surface area contributed by atoms with Crippen LogP contribution in [0.5, 0.6) is 0 Å². The van der Waals surface area contributed by atoms with E-state index in [1.807, 2.05) is 48.5 Å². The smallest absolute Gasteiger partial charge is 0.164 e. The monoisotopic (exact) mass is 816 g/mol. The second-order valence-electron chi connectivity index (χ2n) is 16.4. The van der Waals surface area contributed by atoms with Crippen LogP contribution in [0.15, 0.2) is 223 Å². The van der Waals surface area contributed by atoms with Crippen molar-refractivity contribution in [2.45, 2.75) is 0 Å². The molecule has 10 aromatic carbocycles. The van der Waals surface area contributed by atoms with Gasteiger partial charge in [0.25, 0.3) is 0 Å². The Bertz CT molecular complexity index is 3940. The molecule has 0 aliphatic heterocycles. The molecule has 0 spiro atoms. The molecule has 0 saturated heterocycles. The van der Waals surface area contributed by atoms with Crippen molar-refractivity contribution in [3.05, 3.63) is 218 Å². The van der Waals surface area contributed by atoms with Gasteiger partial charge in [0.1, 0.15) is 11.2 Å². The Kier molecular flexibility index (Phi) is 8.15. The Morgan fingerprint density at radius 2 is 0.859 bits per heavy atom. The summed E-state index contributed by atoms with van der Waals surface area (Å²) in [6.07, 6.45) is 0. The number of fused-ring (bicyclic) bond motifs is 9. The van der Waals surface area contributed by atoms with Crippen molar-refractivity contribution in [3.63, 3.8) is 0 Å². The maximum Gasteiger partial charge on any atom is 0.164 e. The summed E-state index contributed by atoms with van der Waals surface area (Å²) in [6.45, 7) is 0. The number of nitrogens with zero attached hydrogens (tertiary/aromatic N) is 4. The normalized spacial score (nSPS) is 11.8. The van der Waals surface area contributed by atoms with Gasteiger partial charge in [0, 0.05) is 49.2 Å². The number of furan rings is 1. The molecule has 13 rings (SSSR count). The topological polar surface area (TPSA) is 56.7 Å². The van der Waals surface area contributed by atoms with Gasteiger partial charge in [-0.15, -0.1) is 0 Å². The van der Waals surface area contributed by atoms with E-state index in [9.17, 15) is 0 Å². The van der Waals surface area contributed by atoms with Gasteiger partial charge in [0.15, 0.2) is 17.5 Å². The third kappa shape index (κ3) is 5.90. The van der Waals surface area contributed by atoms with Gasteiger partial charge < -0.3 is 8.98 Å². The van der Waals surface area contributed by atoms with Gasteiger partial charge in [0.05, 0.1) is 16.7 Å². The summed E-state index contributed by atoms with van der Waals surface area (Å²) in [5, 5.41) is 9.32. The minimum absolute atomic E-state index is 0.591. The van der Waals surface area contributed by atoms with Gasteiger partial charge in [-0.3, -0.25) is 0 Å². The zero-order chi connectivity index (χ0) is 42.1. The van der Waals surface area contributed by atoms with E-state index in [0.29, 0.717) is 17.5 Å². The first kappa shape index (κ1) is 36.0. The molecule has 0 unspecified atom stereocenters. The van der Waals surface area contributed by atoms with Crippen LogP contribution in [0.25, 0.3) is 127 Å². The van der Waals surface area contributed by atoms with Crippen molar-refractivity contribution < 1.29 is 4.42 Å². The molecule has 64 heavy (non-hydrogen) atoms. The first-order chi connectivity index (χ1) is 31.7. The van der Waals surface area contributed by atoms with Gasteiger partial charge >= 0.3 is 0 Å². The van der Waals surface area contributed by atoms with Crippen molar-refractivity contribution in [2.75, 3.05) is 0 Å². The van der Waals surface area contributed by atoms with Crippen LogP contribution in [-0.4, -0.2) is 19.5 Å². The van der Waals surface area contributed by atoms with E-state index in [1.165, 1.54) is 43.4 Å². The fourth-order valence-electron chi connectivity index (χ4n) is 9.50. The lowest BCUT2D eigenvalue weighted by Crippen LogP contribution is -2.02. The molecule has 13 aromatic rings. The third-order valence-corrected chi connectivity index (χ3v) is 12.6. The summed E-state index contributed by atoms with van der Waals surface area (Å²) >= 11 is 0. The van der Waals surface area contributed by atoms with E-state index in [4.69, 9.17) is 19.4 Å². The Labute approximate surface area is 368 Å². The standard InChI is InChI=1S/C59H36N4O/c1-3-13-37(14-4-1)38-23-25-40(26-24-38)49-34-44(28-31-52(49)63-53-36-43-19-8-7-18-42(43)33-50(53)48-30-27-39-15-9-10-20-46(39)56(48)63)58-60-57(41-16-5-2-6-17-41)61-59(62-58)45-29-32-55-51(35-45)47-21-11-12-22-54(47)64-55/h1-36H. The molecule has 0 atom stereocenters. The predicted octanol–water partition coefficient (Wildman–Crippen LogP) is 15.5. The van der Waals surface area contributed by atoms with Crippen molar-refractivity contribution >= 4 is 65.3 Å². The number of rotatable bonds is 6. The zero-order valence-electron chi connectivity index (χ0n) is 34.5. The molecule has 0 bridgehead atoms. The quantitative estimate of drug-likeness (QED) is 0.168. The maximum atomic E-state index is 6.20. The number of hydrogen-bond acceptors (Lipinski definition) is 4. The average Bonchev–Trinajstić information content (AvgIpc) is 3.91. The van der Waals surface area contributed by atoms with Crippen molar-refractivity contribution in [2.24, 2.45) is 0 Å². The lowest BCUT2D eigenvalue weighted by atomic mass is 9.97. The summed E-state index contributed by atoms with van der Waals surface area (Å²) < 4.78 is 8.68. The van der Waals surface area contributed by atoms with E-state index >= 15 is 0 Å². The highest BCUT2D eigenvalue weighted by Gasteiger charge is 2.21. The average molecular weight is 817 g/mol. The van der Waals surface area contributed by atoms with Crippen LogP contribution in [-0.2, 0) is 0 Å². The van der Waals surface area contributed by atoms with Crippen molar-refractivity contribution in [1.29, 1.82) is 0 Å². The molecule has 0 fully saturated rings. The second kappa shape index (κ2) is 14.5. The van der Waals surface area contributed by atoms with E-state index in [1.54, 1.807) is 0 Å². The summed E-state index contributed by atoms with van der Waals surface area (Å²) in [4.78, 5) is 15.6. The van der Waals surface area contributed by atoms with Crippen LogP contribution in [0.3, 0.4) is 0 Å². The van der Waals surface area contributed by atoms with Crippen LogP contribution < -0.4 is 0 Å². The van der Waals surface area contributed by atoms with Gasteiger partial charge in [-0.25, -0.2) is 15.0 Å². The van der Waals surface area contributed by atoms with Crippen molar-refractivity contribution in [3.8, 4) is 62.1 Å². The first-order valence-corrected chi connectivity index (χ1v) is 21.6. The Balaban J connectivity index is 1.07. The summed E-state index contributed by atoms with van der Waals surface area (Å²) in [6, 6.07) is 77.2. The fourth-order valence-corrected chi connectivity index (χ4v) is 9.50. The molecule has 298 valence electrons. The molecule has 0 aliphatic carbocycles. The molecule has 0 amide bonds. The molecular weight excluding hydrogens is 781 g/mol. The minimum Gasteiger partial charge on any atom is -0.456 e. The Hall–Kier alpha value is -8.67. The van der Waals surface area contributed by atoms with E-state index < -0.39 is 0 Å². The maximum absolute atomic E-state index is 6.20. The van der Waals surface area contributed by atoms with E-state index in [-0.39, 0.29) is 0 Å². The summed E-state index contributed by atoms with van der Waals surface area (Å²) in [5.41, 5.74) is 12.2. The zero-order valence-corrected chi connectivity index (χ0v) is 34.5. The van der Waals surface area contributed by atoms with E-state index in [2.05, 4.69) is 174 Å². The number of aromatic nitrogens is 4. The molecule has 0 N–H and O–H groups in total. The molecule has 3 heterocycles. The summed E-state index contributed by atoms with van der Waals surface area (Å²) in [7, 11) is 0. The molecule has 0 aliphatic rings. The molecular formula is C59H36N4O. The van der Waals surface area contributed by atoms with Crippen LogP contribution in [0.2, 0.25) is 0 Å². The van der Waals surface area contributed by atoms with Gasteiger partial charge in [0.2, 0.25) is 0 Å². The summed E-state index contributed by atoms with van der Waals surface area (Å²) in [5.74, 6) is 1.79. The number of benzene rings is 10. The predicted molar refractivity (Wildman–Crippen MR) is 264 cm³/mol. The fraction of sp³-hybridized carbons (Fsp3) is 0. The van der Waals surface area contributed by atoms with Crippen LogP contribution >= 0.6 is 0 Å². The lowest BCUT2D eigenvalue weighted by Gasteiger charge is -2.17. The first-order valence-electron chi connectivity index (χ1n) is 21.6. The highest BCUT2D eigenvalue weighted by atomic mass is 16.3. The second-order valence-corrected chi connectivity index (χ2v) is 16.4. The Morgan fingerprint density at radius 1 is 0.312 bits per heavy atom. The van der Waals surface area contributed by atoms with Crippen molar-refractivity contribution in [1.82, 2.24) is 19.5 Å². The molecule has 0 radical (unpaired) electrons. The third-order valence-electron chi connectivity index (χ3n) is 12.6. The minimum atomic E-state index is 0.591. The van der Waals surface area contributed by atoms with Crippen LogP contribution in [0, 0.1) is 0 Å². The van der Waals surface area contributed by atoms with Gasteiger partial charge in [-0.1, -0.05) is 164 Å². The number of para-hydroxylation sites is 1. The number of hydrogen-bond donors (Lipinski definition) is 0. The lowest BCUT2D eigenvalue weighted by molar-refractivity contribution is 0.669. The highest BCUT2D eigenvalue weighted by molar-refractivity contribution is 6.21. The molecule has 0 saturated carbocycles. The molecule has 5 nitrogen and oxygen atoms in total. The van der Waals surface area contributed by atoms with Gasteiger partial charge in [-0.2, -0.15) is 0 Å². The van der Waals surface area contributed by atoms with Crippen LogP contribution in [0.1, 0.15) is 0 Å². The molecule has 3 aromatic heterocycles. The largest absolute Gasteiger partial charge is 0.456 e. The SMILES string of the molecule is c1ccc(-c2ccc(-c3cc(-c4nc(-c5ccccc5)nc(-c5ccc6oc7ccccc7c6c5)n4)ccc3-n3c4cc5ccccc5cc4c4ccc5ccccc5c43)cc2)cc1. The molecule has 5 heteroatoms. The van der Waals surface area contributed by atoms with Crippen LogP contribution in [0.4, 0.5) is 0 Å². The van der Waals surface area contributed by atoms with Gasteiger partial charge in [-0.05, 0) is 87.4 Å².